The van der Waals surface area contributed by atoms with Crippen molar-refractivity contribution in [1.82, 2.24) is 16.2 Å². The topological polar surface area (TPSA) is 132 Å². The molecular formula is C25H29N3O7S. The molecule has 0 bridgehead atoms. The normalized spacial score (nSPS) is 10.0. The van der Waals surface area contributed by atoms with Gasteiger partial charge >= 0.3 is 11.9 Å². The monoisotopic (exact) mass is 515 g/mol. The van der Waals surface area contributed by atoms with Crippen LogP contribution in [0.25, 0.3) is 0 Å². The van der Waals surface area contributed by atoms with Crippen LogP contribution in [0.1, 0.15) is 42.1 Å². The average Bonchev–Trinajstić information content (AvgIpc) is 2.89. The second-order valence-corrected chi connectivity index (χ2v) is 7.86. The van der Waals surface area contributed by atoms with E-state index in [-0.39, 0.29) is 31.2 Å². The predicted molar refractivity (Wildman–Crippen MR) is 135 cm³/mol. The van der Waals surface area contributed by atoms with E-state index < -0.39 is 23.8 Å². The van der Waals surface area contributed by atoms with Crippen molar-refractivity contribution in [2.45, 2.75) is 32.6 Å². The lowest BCUT2D eigenvalue weighted by atomic mass is 10.2. The maximum absolute atomic E-state index is 11.9. The number of ether oxygens (including phenoxy) is 3. The number of hydrogen-bond donors (Lipinski definition) is 3. The van der Waals surface area contributed by atoms with Crippen LogP contribution in [-0.2, 0) is 30.3 Å². The van der Waals surface area contributed by atoms with Crippen LogP contribution < -0.4 is 20.9 Å². The second kappa shape index (κ2) is 15.8. The molecular weight excluding hydrogens is 486 g/mol. The smallest absolute Gasteiger partial charge is 0.338 e. The molecule has 2 aromatic rings. The molecule has 10 nitrogen and oxygen atoms in total. The lowest BCUT2D eigenvalue weighted by molar-refractivity contribution is -0.144. The number of esters is 2. The van der Waals surface area contributed by atoms with Crippen LogP contribution in [0, 0.1) is 0 Å². The summed E-state index contributed by atoms with van der Waals surface area (Å²) in [6.45, 7) is 2.14. The molecule has 192 valence electrons. The third kappa shape index (κ3) is 11.4. The number of hydrogen-bond acceptors (Lipinski definition) is 8. The van der Waals surface area contributed by atoms with Crippen LogP contribution in [0.5, 0.6) is 5.75 Å². The summed E-state index contributed by atoms with van der Waals surface area (Å²) < 4.78 is 15.5. The van der Waals surface area contributed by atoms with Gasteiger partial charge in [-0.25, -0.2) is 4.79 Å². The molecule has 11 heteroatoms. The first-order valence-corrected chi connectivity index (χ1v) is 11.8. The highest BCUT2D eigenvalue weighted by atomic mass is 32.1. The standard InChI is InChI=1S/C25H29N3O7S/c1-2-15-34-24(32)19-8-10-20(11-9-19)35-17-22(30)27-28-25(36)26-21(29)12-13-23(31)33-16-14-18-6-4-3-5-7-18/h3-11H,2,12-17H2,1H3,(H,27,30)(H2,26,28,29,36). The summed E-state index contributed by atoms with van der Waals surface area (Å²) in [5.74, 6) is -1.60. The van der Waals surface area contributed by atoms with Gasteiger partial charge < -0.3 is 19.5 Å². The molecule has 0 unspecified atom stereocenters. The van der Waals surface area contributed by atoms with E-state index >= 15 is 0 Å². The quantitative estimate of drug-likeness (QED) is 0.221. The SMILES string of the molecule is CCCOC(=O)c1ccc(OCC(=O)NNC(=S)NC(=O)CCC(=O)OCCc2ccccc2)cc1. The molecule has 2 aromatic carbocycles. The highest BCUT2D eigenvalue weighted by Crippen LogP contribution is 2.13. The van der Waals surface area contributed by atoms with Gasteiger partial charge in [-0.2, -0.15) is 0 Å². The summed E-state index contributed by atoms with van der Waals surface area (Å²) in [6.07, 6.45) is 1.10. The van der Waals surface area contributed by atoms with Gasteiger partial charge in [0.2, 0.25) is 5.91 Å². The Morgan fingerprint density at radius 2 is 1.56 bits per heavy atom. The molecule has 0 aliphatic rings. The van der Waals surface area contributed by atoms with Crippen LogP contribution in [0.3, 0.4) is 0 Å². The third-order valence-corrected chi connectivity index (χ3v) is 4.72. The third-order valence-electron chi connectivity index (χ3n) is 4.52. The van der Waals surface area contributed by atoms with Crippen molar-refractivity contribution in [2.24, 2.45) is 0 Å². The molecule has 0 spiro atoms. The molecule has 0 saturated carbocycles. The van der Waals surface area contributed by atoms with E-state index in [0.717, 1.165) is 12.0 Å². The summed E-state index contributed by atoms with van der Waals surface area (Å²) in [6, 6.07) is 15.7. The second-order valence-electron chi connectivity index (χ2n) is 7.46. The van der Waals surface area contributed by atoms with Gasteiger partial charge in [0.25, 0.3) is 5.91 Å². The van der Waals surface area contributed by atoms with Crippen molar-refractivity contribution in [3.8, 4) is 5.75 Å². The van der Waals surface area contributed by atoms with Crippen molar-refractivity contribution in [2.75, 3.05) is 19.8 Å². The van der Waals surface area contributed by atoms with Gasteiger partial charge in [0.05, 0.1) is 25.2 Å². The van der Waals surface area contributed by atoms with Crippen LogP contribution >= 0.6 is 12.2 Å². The molecule has 2 amide bonds. The number of thiocarbonyl (C=S) groups is 1. The summed E-state index contributed by atoms with van der Waals surface area (Å²) in [7, 11) is 0. The number of benzene rings is 2. The lowest BCUT2D eigenvalue weighted by Crippen LogP contribution is -2.49. The molecule has 0 aliphatic heterocycles. The average molecular weight is 516 g/mol. The molecule has 0 aliphatic carbocycles. The Bertz CT molecular complexity index is 1030. The lowest BCUT2D eigenvalue weighted by Gasteiger charge is -2.11. The molecule has 0 aromatic heterocycles. The van der Waals surface area contributed by atoms with E-state index in [1.165, 1.54) is 12.1 Å². The zero-order valence-electron chi connectivity index (χ0n) is 19.9. The van der Waals surface area contributed by atoms with Gasteiger partial charge in [-0.1, -0.05) is 37.3 Å². The number of carbonyl (C=O) groups excluding carboxylic acids is 4. The van der Waals surface area contributed by atoms with Crippen molar-refractivity contribution < 1.29 is 33.4 Å². The minimum absolute atomic E-state index is 0.0987. The summed E-state index contributed by atoms with van der Waals surface area (Å²) in [4.78, 5) is 47.4. The van der Waals surface area contributed by atoms with Gasteiger partial charge in [-0.05, 0) is 48.5 Å². The van der Waals surface area contributed by atoms with E-state index in [4.69, 9.17) is 26.4 Å². The van der Waals surface area contributed by atoms with Crippen LogP contribution in [0.4, 0.5) is 0 Å². The maximum atomic E-state index is 11.9. The van der Waals surface area contributed by atoms with E-state index in [1.54, 1.807) is 12.1 Å². The predicted octanol–water partition coefficient (Wildman–Crippen LogP) is 2.22. The Labute approximate surface area is 214 Å². The van der Waals surface area contributed by atoms with Gasteiger partial charge in [0.1, 0.15) is 5.75 Å². The molecule has 0 atom stereocenters. The number of rotatable bonds is 12. The zero-order valence-corrected chi connectivity index (χ0v) is 20.7. The van der Waals surface area contributed by atoms with E-state index in [9.17, 15) is 19.2 Å². The fraction of sp³-hybridized carbons (Fsp3) is 0.320. The highest BCUT2D eigenvalue weighted by molar-refractivity contribution is 7.80. The molecule has 2 rings (SSSR count). The van der Waals surface area contributed by atoms with Gasteiger partial charge in [0, 0.05) is 12.8 Å². The van der Waals surface area contributed by atoms with Crippen LogP contribution in [-0.4, -0.2) is 48.7 Å². The maximum Gasteiger partial charge on any atom is 0.338 e. The fourth-order valence-electron chi connectivity index (χ4n) is 2.71. The number of nitrogens with one attached hydrogen (secondary N) is 3. The first-order chi connectivity index (χ1) is 17.4. The molecule has 0 fully saturated rings. The number of amides is 2. The summed E-state index contributed by atoms with van der Waals surface area (Å²) in [5.41, 5.74) is 6.09. The van der Waals surface area contributed by atoms with E-state index in [1.807, 2.05) is 37.3 Å². The Morgan fingerprint density at radius 3 is 2.25 bits per heavy atom. The summed E-state index contributed by atoms with van der Waals surface area (Å²) >= 11 is 4.94. The van der Waals surface area contributed by atoms with Crippen LogP contribution in [0.2, 0.25) is 0 Å². The Hall–Kier alpha value is -3.99. The van der Waals surface area contributed by atoms with Crippen LogP contribution in [0.15, 0.2) is 54.6 Å². The van der Waals surface area contributed by atoms with Gasteiger partial charge in [0.15, 0.2) is 11.7 Å². The highest BCUT2D eigenvalue weighted by Gasteiger charge is 2.11. The largest absolute Gasteiger partial charge is 0.484 e. The first kappa shape index (κ1) is 28.2. The zero-order chi connectivity index (χ0) is 26.2. The van der Waals surface area contributed by atoms with E-state index in [0.29, 0.717) is 24.3 Å². The minimum atomic E-state index is -0.556. The van der Waals surface area contributed by atoms with Crippen molar-refractivity contribution in [1.29, 1.82) is 0 Å². The molecule has 0 saturated heterocycles. The number of carbonyl (C=O) groups is 4. The minimum Gasteiger partial charge on any atom is -0.484 e. The van der Waals surface area contributed by atoms with Crippen molar-refractivity contribution in [3.63, 3.8) is 0 Å². The molecule has 3 N–H and O–H groups in total. The molecule has 36 heavy (non-hydrogen) atoms. The van der Waals surface area contributed by atoms with E-state index in [2.05, 4.69) is 16.2 Å². The fourth-order valence-corrected chi connectivity index (χ4v) is 2.88. The Balaban J connectivity index is 1.57. The van der Waals surface area contributed by atoms with Gasteiger partial charge in [-0.15, -0.1) is 0 Å². The van der Waals surface area contributed by atoms with Crippen molar-refractivity contribution in [3.05, 3.63) is 65.7 Å². The Kier molecular flexibility index (Phi) is 12.4. The molecule has 0 heterocycles. The number of hydrazine groups is 1. The summed E-state index contributed by atoms with van der Waals surface area (Å²) in [5, 5.41) is 2.21. The molecule has 0 radical (unpaired) electrons. The Morgan fingerprint density at radius 1 is 0.833 bits per heavy atom. The van der Waals surface area contributed by atoms with Gasteiger partial charge in [-0.3, -0.25) is 25.2 Å². The first-order valence-electron chi connectivity index (χ1n) is 11.4. The van der Waals surface area contributed by atoms with Crippen molar-refractivity contribution >= 4 is 41.1 Å².